The quantitative estimate of drug-likeness (QED) is 0.564. The second-order valence-electron chi connectivity index (χ2n) is 8.24. The molecule has 2 heterocycles. The Balaban J connectivity index is 1.78. The van der Waals surface area contributed by atoms with Crippen LogP contribution < -0.4 is 10.1 Å². The van der Waals surface area contributed by atoms with Crippen LogP contribution in [0.1, 0.15) is 31.5 Å². The minimum absolute atomic E-state index is 0.0659. The predicted octanol–water partition coefficient (Wildman–Crippen LogP) is 2.47. The number of nitrogens with zero attached hydrogens (tertiary/aromatic N) is 3. The Morgan fingerprint density at radius 1 is 1.14 bits per heavy atom. The van der Waals surface area contributed by atoms with Crippen molar-refractivity contribution in [3.05, 3.63) is 53.9 Å². The van der Waals surface area contributed by atoms with E-state index in [-0.39, 0.29) is 37.0 Å². The number of rotatable bonds is 8. The van der Waals surface area contributed by atoms with Crippen LogP contribution in [-0.4, -0.2) is 66.5 Å². The standard InChI is InChI=1S/C23H27F3N4O5S/c1-3-4-18-6-5-17(13-27-18)14-28-22(32)21-15-29(16(2)31)11-12-30(21)36(33,34)20-9-7-19(8-10-20)35-23(24,25)26/h5-10,13,21H,3-4,11-12,14-15H2,1-2H3,(H,28,32)/t21-/m1/s1. The summed E-state index contributed by atoms with van der Waals surface area (Å²) in [5.41, 5.74) is 1.64. The van der Waals surface area contributed by atoms with Gasteiger partial charge in [-0.1, -0.05) is 19.4 Å². The zero-order chi connectivity index (χ0) is 26.5. The monoisotopic (exact) mass is 528 g/mol. The van der Waals surface area contributed by atoms with E-state index in [0.717, 1.165) is 52.7 Å². The first-order valence-corrected chi connectivity index (χ1v) is 12.7. The third-order valence-corrected chi connectivity index (χ3v) is 7.52. The second-order valence-corrected chi connectivity index (χ2v) is 10.1. The summed E-state index contributed by atoms with van der Waals surface area (Å²) in [7, 11) is -4.28. The van der Waals surface area contributed by atoms with E-state index < -0.39 is 34.1 Å². The summed E-state index contributed by atoms with van der Waals surface area (Å²) in [5.74, 6) is -1.50. The van der Waals surface area contributed by atoms with Crippen molar-refractivity contribution in [2.24, 2.45) is 0 Å². The fourth-order valence-corrected chi connectivity index (χ4v) is 5.34. The number of hydrogen-bond acceptors (Lipinski definition) is 6. The van der Waals surface area contributed by atoms with Gasteiger partial charge in [0.15, 0.2) is 0 Å². The molecule has 1 atom stereocenters. The van der Waals surface area contributed by atoms with E-state index in [4.69, 9.17) is 0 Å². The SMILES string of the molecule is CCCc1ccc(CNC(=O)[C@H]2CN(C(C)=O)CCN2S(=O)(=O)c2ccc(OC(F)(F)F)cc2)cn1. The molecule has 1 aliphatic rings. The van der Waals surface area contributed by atoms with E-state index in [1.807, 2.05) is 19.1 Å². The van der Waals surface area contributed by atoms with Gasteiger partial charge in [-0.2, -0.15) is 4.31 Å². The van der Waals surface area contributed by atoms with Crippen molar-refractivity contribution in [1.29, 1.82) is 0 Å². The fourth-order valence-electron chi connectivity index (χ4n) is 3.77. The number of nitrogens with one attached hydrogen (secondary N) is 1. The summed E-state index contributed by atoms with van der Waals surface area (Å²) in [6.07, 6.45) is -1.52. The number of carbonyl (C=O) groups excluding carboxylic acids is 2. The molecular weight excluding hydrogens is 501 g/mol. The number of carbonyl (C=O) groups is 2. The maximum atomic E-state index is 13.3. The van der Waals surface area contributed by atoms with Gasteiger partial charge < -0.3 is 15.0 Å². The molecule has 0 bridgehead atoms. The highest BCUT2D eigenvalue weighted by atomic mass is 32.2. The molecule has 1 aromatic heterocycles. The Bertz CT molecular complexity index is 1170. The third kappa shape index (κ3) is 6.94. The summed E-state index contributed by atoms with van der Waals surface area (Å²) < 4.78 is 68.7. The Labute approximate surface area is 207 Å². The van der Waals surface area contributed by atoms with Gasteiger partial charge >= 0.3 is 6.36 Å². The van der Waals surface area contributed by atoms with Crippen LogP contribution in [-0.2, 0) is 32.6 Å². The zero-order valence-electron chi connectivity index (χ0n) is 19.8. The molecule has 9 nitrogen and oxygen atoms in total. The lowest BCUT2D eigenvalue weighted by Crippen LogP contribution is -2.61. The first-order valence-electron chi connectivity index (χ1n) is 11.3. The molecule has 1 N–H and O–H groups in total. The van der Waals surface area contributed by atoms with Gasteiger partial charge in [0, 0.05) is 45.0 Å². The highest BCUT2D eigenvalue weighted by molar-refractivity contribution is 7.89. The number of pyridine rings is 1. The van der Waals surface area contributed by atoms with E-state index in [1.54, 1.807) is 6.20 Å². The van der Waals surface area contributed by atoms with Gasteiger partial charge in [-0.25, -0.2) is 8.42 Å². The molecule has 36 heavy (non-hydrogen) atoms. The molecule has 2 amide bonds. The zero-order valence-corrected chi connectivity index (χ0v) is 20.6. The number of hydrogen-bond donors (Lipinski definition) is 1. The smallest absolute Gasteiger partial charge is 0.406 e. The first kappa shape index (κ1) is 27.4. The summed E-state index contributed by atoms with van der Waals surface area (Å²) in [5, 5.41) is 2.70. The molecule has 13 heteroatoms. The van der Waals surface area contributed by atoms with Gasteiger partial charge in [0.2, 0.25) is 21.8 Å². The van der Waals surface area contributed by atoms with Crippen LogP contribution in [0, 0.1) is 0 Å². The topological polar surface area (TPSA) is 109 Å². The Kier molecular flexibility index (Phi) is 8.56. The lowest BCUT2D eigenvalue weighted by Gasteiger charge is -2.39. The van der Waals surface area contributed by atoms with Crippen LogP contribution in [0.3, 0.4) is 0 Å². The number of halogens is 3. The molecule has 1 saturated heterocycles. The van der Waals surface area contributed by atoms with E-state index >= 15 is 0 Å². The number of piperazine rings is 1. The summed E-state index contributed by atoms with van der Waals surface area (Å²) in [4.78, 5) is 30.4. The molecule has 2 aromatic rings. The second kappa shape index (κ2) is 11.2. The van der Waals surface area contributed by atoms with Gasteiger partial charge in [0.25, 0.3) is 0 Å². The molecule has 1 aliphatic heterocycles. The first-order chi connectivity index (χ1) is 16.9. The van der Waals surface area contributed by atoms with Crippen molar-refractivity contribution in [3.63, 3.8) is 0 Å². The summed E-state index contributed by atoms with van der Waals surface area (Å²) in [6.45, 7) is 3.21. The molecule has 0 saturated carbocycles. The van der Waals surface area contributed by atoms with Gasteiger partial charge in [-0.15, -0.1) is 13.2 Å². The van der Waals surface area contributed by atoms with Crippen molar-refractivity contribution in [2.75, 3.05) is 19.6 Å². The number of aryl methyl sites for hydroxylation is 1. The molecule has 3 rings (SSSR count). The Morgan fingerprint density at radius 3 is 2.39 bits per heavy atom. The van der Waals surface area contributed by atoms with Crippen LogP contribution in [0.15, 0.2) is 47.5 Å². The molecule has 0 spiro atoms. The Hall–Kier alpha value is -3.19. The van der Waals surface area contributed by atoms with Crippen LogP contribution >= 0.6 is 0 Å². The number of ether oxygens (including phenoxy) is 1. The van der Waals surface area contributed by atoms with E-state index in [2.05, 4.69) is 15.0 Å². The highest BCUT2D eigenvalue weighted by Gasteiger charge is 2.41. The van der Waals surface area contributed by atoms with Crippen molar-refractivity contribution in [2.45, 2.75) is 50.5 Å². The highest BCUT2D eigenvalue weighted by Crippen LogP contribution is 2.27. The minimum atomic E-state index is -4.92. The number of aromatic nitrogens is 1. The van der Waals surface area contributed by atoms with E-state index in [1.165, 1.54) is 11.8 Å². The van der Waals surface area contributed by atoms with Crippen molar-refractivity contribution in [1.82, 2.24) is 19.5 Å². The lowest BCUT2D eigenvalue weighted by molar-refractivity contribution is -0.274. The van der Waals surface area contributed by atoms with Gasteiger partial charge in [0.1, 0.15) is 11.8 Å². The third-order valence-electron chi connectivity index (χ3n) is 5.60. The van der Waals surface area contributed by atoms with Crippen molar-refractivity contribution >= 4 is 21.8 Å². The molecule has 196 valence electrons. The summed E-state index contributed by atoms with van der Waals surface area (Å²) in [6, 6.07) is 6.17. The number of sulfonamides is 1. The van der Waals surface area contributed by atoms with Crippen molar-refractivity contribution < 1.29 is 35.9 Å². The maximum Gasteiger partial charge on any atom is 0.573 e. The van der Waals surface area contributed by atoms with Gasteiger partial charge in [0.05, 0.1) is 4.90 Å². The minimum Gasteiger partial charge on any atom is -0.406 e. The van der Waals surface area contributed by atoms with Crippen LogP contribution in [0.2, 0.25) is 0 Å². The molecule has 1 aromatic carbocycles. The van der Waals surface area contributed by atoms with Crippen LogP contribution in [0.4, 0.5) is 13.2 Å². The van der Waals surface area contributed by atoms with Crippen molar-refractivity contribution in [3.8, 4) is 5.75 Å². The van der Waals surface area contributed by atoms with Crippen LogP contribution in [0.25, 0.3) is 0 Å². The van der Waals surface area contributed by atoms with Gasteiger partial charge in [-0.05, 0) is 42.3 Å². The maximum absolute atomic E-state index is 13.3. The number of alkyl halides is 3. The Morgan fingerprint density at radius 2 is 1.83 bits per heavy atom. The number of benzene rings is 1. The van der Waals surface area contributed by atoms with E-state index in [0.29, 0.717) is 0 Å². The molecule has 0 unspecified atom stereocenters. The van der Waals surface area contributed by atoms with Crippen LogP contribution in [0.5, 0.6) is 5.75 Å². The molecular formula is C23H27F3N4O5S. The van der Waals surface area contributed by atoms with E-state index in [9.17, 15) is 31.2 Å². The normalized spacial score (nSPS) is 17.0. The number of amides is 2. The summed E-state index contributed by atoms with van der Waals surface area (Å²) >= 11 is 0. The molecule has 0 aliphatic carbocycles. The predicted molar refractivity (Wildman–Crippen MR) is 123 cm³/mol. The average Bonchev–Trinajstić information content (AvgIpc) is 2.82. The average molecular weight is 529 g/mol. The molecule has 0 radical (unpaired) electrons. The lowest BCUT2D eigenvalue weighted by atomic mass is 10.1. The largest absolute Gasteiger partial charge is 0.573 e. The fraction of sp³-hybridized carbons (Fsp3) is 0.435. The molecule has 1 fully saturated rings. The van der Waals surface area contributed by atoms with Gasteiger partial charge in [-0.3, -0.25) is 14.6 Å².